The molecule has 8 nitrogen and oxygen atoms in total. The van der Waals surface area contributed by atoms with Crippen LogP contribution in [0.25, 0.3) is 11.0 Å². The first-order valence-electron chi connectivity index (χ1n) is 8.45. The standard InChI is InChI=1S/C18H22N2O6/c21-13-5-6-14-12(10-17(23)26-15(14)11-13)9-16(22)19-7-3-1-2-4-8-20-18(24)25/h5-6,10-11,20-21H,1-4,7-9H2,(H,19,22)(H,24,25). The number of phenolic OH excluding ortho intramolecular Hbond substituents is 1. The third kappa shape index (κ3) is 6.12. The van der Waals surface area contributed by atoms with Crippen LogP contribution in [0.2, 0.25) is 0 Å². The molecule has 4 N–H and O–H groups in total. The molecule has 8 heteroatoms. The molecule has 0 saturated heterocycles. The molecule has 2 rings (SSSR count). The van der Waals surface area contributed by atoms with Crippen LogP contribution >= 0.6 is 0 Å². The van der Waals surface area contributed by atoms with Gasteiger partial charge in [0.2, 0.25) is 5.91 Å². The van der Waals surface area contributed by atoms with E-state index in [2.05, 4.69) is 10.6 Å². The van der Waals surface area contributed by atoms with Crippen molar-refractivity contribution in [3.8, 4) is 5.75 Å². The average molecular weight is 362 g/mol. The molecule has 0 bridgehead atoms. The number of fused-ring (bicyclic) bond motifs is 1. The maximum Gasteiger partial charge on any atom is 0.404 e. The Balaban J connectivity index is 1.77. The number of aromatic hydroxyl groups is 1. The monoisotopic (exact) mass is 362 g/mol. The summed E-state index contributed by atoms with van der Waals surface area (Å²) in [7, 11) is 0. The Morgan fingerprint density at radius 3 is 2.38 bits per heavy atom. The lowest BCUT2D eigenvalue weighted by atomic mass is 10.1. The Kier molecular flexibility index (Phi) is 7.02. The van der Waals surface area contributed by atoms with E-state index in [1.54, 1.807) is 6.07 Å². The number of amides is 2. The molecule has 26 heavy (non-hydrogen) atoms. The first-order chi connectivity index (χ1) is 12.5. The van der Waals surface area contributed by atoms with Gasteiger partial charge in [-0.05, 0) is 30.5 Å². The number of phenols is 1. The summed E-state index contributed by atoms with van der Waals surface area (Å²) in [6.07, 6.45) is 2.36. The Morgan fingerprint density at radius 1 is 1.00 bits per heavy atom. The van der Waals surface area contributed by atoms with Gasteiger partial charge in [-0.25, -0.2) is 9.59 Å². The minimum Gasteiger partial charge on any atom is -0.508 e. The highest BCUT2D eigenvalue weighted by Gasteiger charge is 2.10. The van der Waals surface area contributed by atoms with Crippen LogP contribution in [-0.4, -0.2) is 35.3 Å². The Labute approximate surface area is 149 Å². The van der Waals surface area contributed by atoms with E-state index < -0.39 is 11.7 Å². The van der Waals surface area contributed by atoms with E-state index >= 15 is 0 Å². The molecule has 0 saturated carbocycles. The quantitative estimate of drug-likeness (QED) is 0.399. The molecule has 1 aromatic carbocycles. The van der Waals surface area contributed by atoms with Gasteiger partial charge in [0.15, 0.2) is 0 Å². The second kappa shape index (κ2) is 9.45. The zero-order valence-corrected chi connectivity index (χ0v) is 14.3. The predicted molar refractivity (Wildman–Crippen MR) is 95.4 cm³/mol. The maximum absolute atomic E-state index is 12.1. The third-order valence-electron chi connectivity index (χ3n) is 3.87. The summed E-state index contributed by atoms with van der Waals surface area (Å²) >= 11 is 0. The summed E-state index contributed by atoms with van der Waals surface area (Å²) in [5, 5.41) is 23.6. The van der Waals surface area contributed by atoms with Crippen molar-refractivity contribution < 1.29 is 24.2 Å². The van der Waals surface area contributed by atoms with Gasteiger partial charge in [-0.15, -0.1) is 0 Å². The van der Waals surface area contributed by atoms with Gasteiger partial charge in [0.1, 0.15) is 11.3 Å². The van der Waals surface area contributed by atoms with Gasteiger partial charge >= 0.3 is 11.7 Å². The first-order valence-corrected chi connectivity index (χ1v) is 8.45. The molecular formula is C18H22N2O6. The number of carbonyl (C=O) groups is 2. The molecule has 0 spiro atoms. The van der Waals surface area contributed by atoms with Gasteiger partial charge in [-0.2, -0.15) is 0 Å². The number of benzene rings is 1. The highest BCUT2D eigenvalue weighted by Crippen LogP contribution is 2.22. The van der Waals surface area contributed by atoms with Gasteiger partial charge in [0, 0.05) is 30.6 Å². The van der Waals surface area contributed by atoms with Crippen LogP contribution in [0.1, 0.15) is 31.2 Å². The molecule has 0 unspecified atom stereocenters. The number of carboxylic acid groups (broad SMARTS) is 1. The summed E-state index contributed by atoms with van der Waals surface area (Å²) in [5.74, 6) is -0.210. The minimum absolute atomic E-state index is 0.0131. The molecule has 0 atom stereocenters. The van der Waals surface area contributed by atoms with Crippen LogP contribution < -0.4 is 16.3 Å². The van der Waals surface area contributed by atoms with E-state index in [4.69, 9.17) is 9.52 Å². The van der Waals surface area contributed by atoms with Crippen molar-refractivity contribution in [2.75, 3.05) is 13.1 Å². The number of rotatable bonds is 9. The molecule has 0 aliphatic rings. The highest BCUT2D eigenvalue weighted by molar-refractivity contribution is 5.87. The fourth-order valence-electron chi connectivity index (χ4n) is 2.63. The Bertz CT molecular complexity index is 830. The number of carbonyl (C=O) groups excluding carboxylic acids is 1. The fraction of sp³-hybridized carbons (Fsp3) is 0.389. The molecule has 2 amide bonds. The van der Waals surface area contributed by atoms with Crippen LogP contribution in [0.5, 0.6) is 5.75 Å². The van der Waals surface area contributed by atoms with Gasteiger partial charge in [0.05, 0.1) is 6.42 Å². The second-order valence-electron chi connectivity index (χ2n) is 5.94. The topological polar surface area (TPSA) is 129 Å². The van der Waals surface area contributed by atoms with Crippen molar-refractivity contribution in [1.29, 1.82) is 0 Å². The zero-order valence-electron chi connectivity index (χ0n) is 14.3. The van der Waals surface area contributed by atoms with Crippen LogP contribution in [-0.2, 0) is 11.2 Å². The Hall–Kier alpha value is -3.03. The molecule has 0 aliphatic heterocycles. The summed E-state index contributed by atoms with van der Waals surface area (Å²) in [6, 6.07) is 5.72. The average Bonchev–Trinajstić information content (AvgIpc) is 2.56. The largest absolute Gasteiger partial charge is 0.508 e. The van der Waals surface area contributed by atoms with E-state index in [1.165, 1.54) is 18.2 Å². The van der Waals surface area contributed by atoms with Crippen LogP contribution in [0, 0.1) is 0 Å². The van der Waals surface area contributed by atoms with Crippen molar-refractivity contribution in [1.82, 2.24) is 10.6 Å². The molecule has 0 aliphatic carbocycles. The van der Waals surface area contributed by atoms with E-state index in [0.717, 1.165) is 25.7 Å². The molecular weight excluding hydrogens is 340 g/mol. The maximum atomic E-state index is 12.1. The fourth-order valence-corrected chi connectivity index (χ4v) is 2.63. The molecule has 0 fully saturated rings. The van der Waals surface area contributed by atoms with Gasteiger partial charge in [-0.3, -0.25) is 4.79 Å². The molecule has 0 radical (unpaired) electrons. The van der Waals surface area contributed by atoms with Crippen LogP contribution in [0.3, 0.4) is 0 Å². The SMILES string of the molecule is O=C(O)NCCCCCCNC(=O)Cc1cc(=O)oc2cc(O)ccc12. The Morgan fingerprint density at radius 2 is 1.69 bits per heavy atom. The zero-order chi connectivity index (χ0) is 18.9. The van der Waals surface area contributed by atoms with Gasteiger partial charge in [-0.1, -0.05) is 12.8 Å². The van der Waals surface area contributed by atoms with Crippen molar-refractivity contribution in [3.63, 3.8) is 0 Å². The predicted octanol–water partition coefficient (Wildman–Crippen LogP) is 1.99. The smallest absolute Gasteiger partial charge is 0.404 e. The number of hydrogen-bond acceptors (Lipinski definition) is 5. The second-order valence-corrected chi connectivity index (χ2v) is 5.94. The lowest BCUT2D eigenvalue weighted by Crippen LogP contribution is -2.26. The molecule has 140 valence electrons. The first kappa shape index (κ1) is 19.3. The van der Waals surface area contributed by atoms with E-state index in [1.807, 2.05) is 0 Å². The van der Waals surface area contributed by atoms with E-state index in [9.17, 15) is 19.5 Å². The molecule has 1 heterocycles. The number of unbranched alkanes of at least 4 members (excludes halogenated alkanes) is 3. The van der Waals surface area contributed by atoms with E-state index in [-0.39, 0.29) is 23.7 Å². The van der Waals surface area contributed by atoms with Crippen LogP contribution in [0.4, 0.5) is 4.79 Å². The summed E-state index contributed by atoms with van der Waals surface area (Å²) < 4.78 is 5.04. The highest BCUT2D eigenvalue weighted by atomic mass is 16.4. The van der Waals surface area contributed by atoms with Crippen molar-refractivity contribution in [3.05, 3.63) is 40.2 Å². The van der Waals surface area contributed by atoms with Gasteiger partial charge < -0.3 is 25.3 Å². The third-order valence-corrected chi connectivity index (χ3v) is 3.87. The molecule has 1 aromatic heterocycles. The van der Waals surface area contributed by atoms with Crippen LogP contribution in [0.15, 0.2) is 33.5 Å². The van der Waals surface area contributed by atoms with Crippen molar-refractivity contribution >= 4 is 23.0 Å². The minimum atomic E-state index is -1.02. The number of hydrogen-bond donors (Lipinski definition) is 4. The van der Waals surface area contributed by atoms with Gasteiger partial charge in [0.25, 0.3) is 0 Å². The lowest BCUT2D eigenvalue weighted by molar-refractivity contribution is -0.120. The summed E-state index contributed by atoms with van der Waals surface area (Å²) in [4.78, 5) is 34.0. The summed E-state index contributed by atoms with van der Waals surface area (Å²) in [5.41, 5.74) is 0.227. The normalized spacial score (nSPS) is 10.6. The lowest BCUT2D eigenvalue weighted by Gasteiger charge is -2.07. The van der Waals surface area contributed by atoms with E-state index in [0.29, 0.717) is 24.0 Å². The van der Waals surface area contributed by atoms with Crippen molar-refractivity contribution in [2.45, 2.75) is 32.1 Å². The summed E-state index contributed by atoms with van der Waals surface area (Å²) in [6.45, 7) is 0.951. The molecule has 2 aromatic rings. The number of nitrogens with one attached hydrogen (secondary N) is 2. The van der Waals surface area contributed by atoms with Crippen molar-refractivity contribution in [2.24, 2.45) is 0 Å².